The third-order valence-corrected chi connectivity index (χ3v) is 7.78. The highest BCUT2D eigenvalue weighted by Crippen LogP contribution is 2.43. The Morgan fingerprint density at radius 2 is 1.92 bits per heavy atom. The molecule has 3 nitrogen and oxygen atoms in total. The molecule has 0 spiro atoms. The van der Waals surface area contributed by atoms with Crippen molar-refractivity contribution in [2.75, 3.05) is 24.7 Å². The van der Waals surface area contributed by atoms with Crippen LogP contribution in [0.25, 0.3) is 0 Å². The predicted octanol–water partition coefficient (Wildman–Crippen LogP) is 4.73. The first kappa shape index (κ1) is 18.0. The van der Waals surface area contributed by atoms with Crippen molar-refractivity contribution in [3.05, 3.63) is 29.8 Å². The summed E-state index contributed by atoms with van der Waals surface area (Å²) in [7, 11) is 0. The van der Waals surface area contributed by atoms with Crippen LogP contribution in [-0.4, -0.2) is 41.5 Å². The maximum Gasteiger partial charge on any atom is 0.260 e. The standard InChI is InChI=1S/C19H27NO2S2/c1-2-16-6-3-4-11-20(16)18(21)14-22-17-9-7-15(8-10-17)19-23-12-5-13-24-19/h7-10,16,19H,2-6,11-14H2,1H3. The molecule has 1 aromatic carbocycles. The molecule has 5 heteroatoms. The summed E-state index contributed by atoms with van der Waals surface area (Å²) in [5.74, 6) is 3.42. The summed E-state index contributed by atoms with van der Waals surface area (Å²) < 4.78 is 6.30. The molecule has 0 bridgehead atoms. The van der Waals surface area contributed by atoms with Gasteiger partial charge in [0.05, 0.1) is 4.58 Å². The number of ether oxygens (including phenoxy) is 1. The van der Waals surface area contributed by atoms with Crippen molar-refractivity contribution in [3.8, 4) is 5.75 Å². The number of likely N-dealkylation sites (tertiary alicyclic amines) is 1. The fraction of sp³-hybridized carbons (Fsp3) is 0.632. The lowest BCUT2D eigenvalue weighted by atomic mass is 10.00. The Morgan fingerprint density at radius 1 is 1.17 bits per heavy atom. The number of carbonyl (C=O) groups excluding carboxylic acids is 1. The SMILES string of the molecule is CCC1CCCCN1C(=O)COc1ccc(C2SCCCS2)cc1. The molecule has 1 amide bonds. The molecule has 0 radical (unpaired) electrons. The number of rotatable bonds is 5. The zero-order valence-corrected chi connectivity index (χ0v) is 16.0. The Kier molecular flexibility index (Phi) is 6.78. The van der Waals surface area contributed by atoms with Crippen LogP contribution in [-0.2, 0) is 4.79 Å². The molecular formula is C19H27NO2S2. The number of piperidine rings is 1. The smallest absolute Gasteiger partial charge is 0.260 e. The van der Waals surface area contributed by atoms with Crippen LogP contribution in [0.3, 0.4) is 0 Å². The molecule has 0 N–H and O–H groups in total. The Labute approximate surface area is 153 Å². The lowest BCUT2D eigenvalue weighted by Crippen LogP contribution is -2.45. The van der Waals surface area contributed by atoms with Crippen LogP contribution in [0.15, 0.2) is 24.3 Å². The van der Waals surface area contributed by atoms with Crippen LogP contribution >= 0.6 is 23.5 Å². The van der Waals surface area contributed by atoms with Crippen LogP contribution in [0.2, 0.25) is 0 Å². The first-order chi connectivity index (χ1) is 11.8. The topological polar surface area (TPSA) is 29.5 Å². The van der Waals surface area contributed by atoms with Gasteiger partial charge < -0.3 is 9.64 Å². The summed E-state index contributed by atoms with van der Waals surface area (Å²) in [5, 5.41) is 0. The molecular weight excluding hydrogens is 338 g/mol. The van der Waals surface area contributed by atoms with Crippen molar-refractivity contribution >= 4 is 29.4 Å². The molecule has 132 valence electrons. The van der Waals surface area contributed by atoms with Gasteiger partial charge >= 0.3 is 0 Å². The molecule has 2 saturated heterocycles. The van der Waals surface area contributed by atoms with Crippen LogP contribution in [0.5, 0.6) is 5.75 Å². The highest BCUT2D eigenvalue weighted by atomic mass is 32.2. The van der Waals surface area contributed by atoms with Gasteiger partial charge in [0.15, 0.2) is 6.61 Å². The number of thioether (sulfide) groups is 2. The van der Waals surface area contributed by atoms with E-state index in [1.54, 1.807) is 0 Å². The van der Waals surface area contributed by atoms with Gasteiger partial charge in [0.1, 0.15) is 5.75 Å². The van der Waals surface area contributed by atoms with Crippen molar-refractivity contribution in [1.82, 2.24) is 4.90 Å². The summed E-state index contributed by atoms with van der Waals surface area (Å²) in [4.78, 5) is 14.5. The summed E-state index contributed by atoms with van der Waals surface area (Å²) in [6.45, 7) is 3.20. The second-order valence-electron chi connectivity index (χ2n) is 6.43. The lowest BCUT2D eigenvalue weighted by Gasteiger charge is -2.35. The van der Waals surface area contributed by atoms with Gasteiger partial charge in [0, 0.05) is 12.6 Å². The first-order valence-corrected chi connectivity index (χ1v) is 11.1. The first-order valence-electron chi connectivity index (χ1n) is 9.03. The van der Waals surface area contributed by atoms with Crippen LogP contribution < -0.4 is 4.74 Å². The normalized spacial score (nSPS) is 22.4. The molecule has 1 unspecified atom stereocenters. The minimum atomic E-state index is 0.129. The summed E-state index contributed by atoms with van der Waals surface area (Å²) >= 11 is 4.05. The van der Waals surface area contributed by atoms with Crippen LogP contribution in [0, 0.1) is 0 Å². The molecule has 1 aromatic rings. The van der Waals surface area contributed by atoms with E-state index < -0.39 is 0 Å². The highest BCUT2D eigenvalue weighted by Gasteiger charge is 2.25. The van der Waals surface area contributed by atoms with Gasteiger partial charge in [-0.15, -0.1) is 23.5 Å². The number of benzene rings is 1. The molecule has 2 aliphatic heterocycles. The largest absolute Gasteiger partial charge is 0.484 e. The number of carbonyl (C=O) groups is 1. The van der Waals surface area contributed by atoms with E-state index in [2.05, 4.69) is 19.1 Å². The zero-order valence-electron chi connectivity index (χ0n) is 14.4. The molecule has 0 aromatic heterocycles. The van der Waals surface area contributed by atoms with E-state index in [9.17, 15) is 4.79 Å². The molecule has 0 saturated carbocycles. The second kappa shape index (κ2) is 9.04. The maximum atomic E-state index is 12.4. The van der Waals surface area contributed by atoms with Crippen molar-refractivity contribution in [1.29, 1.82) is 0 Å². The van der Waals surface area contributed by atoms with E-state index in [-0.39, 0.29) is 12.5 Å². The predicted molar refractivity (Wildman–Crippen MR) is 104 cm³/mol. The molecule has 2 fully saturated rings. The maximum absolute atomic E-state index is 12.4. The second-order valence-corrected chi connectivity index (χ2v) is 9.15. The van der Waals surface area contributed by atoms with Crippen molar-refractivity contribution in [2.45, 2.75) is 49.7 Å². The van der Waals surface area contributed by atoms with E-state index in [1.165, 1.54) is 29.9 Å². The van der Waals surface area contributed by atoms with E-state index in [0.717, 1.165) is 31.6 Å². The van der Waals surface area contributed by atoms with Gasteiger partial charge in [-0.1, -0.05) is 19.1 Å². The van der Waals surface area contributed by atoms with Crippen molar-refractivity contribution in [2.24, 2.45) is 0 Å². The summed E-state index contributed by atoms with van der Waals surface area (Å²) in [6, 6.07) is 8.70. The van der Waals surface area contributed by atoms with E-state index in [4.69, 9.17) is 4.74 Å². The average molecular weight is 366 g/mol. The molecule has 2 aliphatic rings. The van der Waals surface area contributed by atoms with Gasteiger partial charge in [-0.3, -0.25) is 4.79 Å². The van der Waals surface area contributed by atoms with Crippen LogP contribution in [0.4, 0.5) is 0 Å². The summed E-state index contributed by atoms with van der Waals surface area (Å²) in [5.41, 5.74) is 1.35. The van der Waals surface area contributed by atoms with Gasteiger partial charge in [0.25, 0.3) is 5.91 Å². The van der Waals surface area contributed by atoms with E-state index in [0.29, 0.717) is 10.6 Å². The fourth-order valence-electron chi connectivity index (χ4n) is 3.38. The molecule has 2 heterocycles. The lowest BCUT2D eigenvalue weighted by molar-refractivity contribution is -0.137. The van der Waals surface area contributed by atoms with Gasteiger partial charge in [-0.2, -0.15) is 0 Å². The zero-order chi connectivity index (χ0) is 16.8. The Morgan fingerprint density at radius 3 is 2.62 bits per heavy atom. The van der Waals surface area contributed by atoms with Gasteiger partial charge in [0.2, 0.25) is 0 Å². The minimum absolute atomic E-state index is 0.129. The third-order valence-electron chi connectivity index (χ3n) is 4.76. The Balaban J connectivity index is 1.51. The number of nitrogens with zero attached hydrogens (tertiary/aromatic N) is 1. The van der Waals surface area contributed by atoms with Crippen LogP contribution in [0.1, 0.15) is 49.2 Å². The average Bonchev–Trinajstić information content (AvgIpc) is 2.67. The van der Waals surface area contributed by atoms with E-state index >= 15 is 0 Å². The molecule has 3 rings (SSSR count). The highest BCUT2D eigenvalue weighted by molar-refractivity contribution is 8.16. The third kappa shape index (κ3) is 4.63. The Hall–Kier alpha value is -0.810. The van der Waals surface area contributed by atoms with Crippen molar-refractivity contribution < 1.29 is 9.53 Å². The molecule has 1 atom stereocenters. The Bertz CT molecular complexity index is 529. The quantitative estimate of drug-likeness (QED) is 0.755. The monoisotopic (exact) mass is 365 g/mol. The molecule has 24 heavy (non-hydrogen) atoms. The van der Waals surface area contributed by atoms with E-state index in [1.807, 2.05) is 40.6 Å². The number of hydrogen-bond donors (Lipinski definition) is 0. The number of amides is 1. The number of hydrogen-bond acceptors (Lipinski definition) is 4. The van der Waals surface area contributed by atoms with Gasteiger partial charge in [-0.25, -0.2) is 0 Å². The minimum Gasteiger partial charge on any atom is -0.484 e. The summed E-state index contributed by atoms with van der Waals surface area (Å²) in [6.07, 6.45) is 5.84. The van der Waals surface area contributed by atoms with Gasteiger partial charge in [-0.05, 0) is 61.3 Å². The van der Waals surface area contributed by atoms with Crippen molar-refractivity contribution in [3.63, 3.8) is 0 Å². The molecule has 0 aliphatic carbocycles. The fourth-order valence-corrected chi connectivity index (χ4v) is 6.28.